The lowest BCUT2D eigenvalue weighted by atomic mass is 10.0. The Bertz CT molecular complexity index is 971. The third kappa shape index (κ3) is 2.67. The van der Waals surface area contributed by atoms with Gasteiger partial charge in [-0.3, -0.25) is 19.8 Å². The number of benzene rings is 3. The minimum atomic E-state index is -0.458. The summed E-state index contributed by atoms with van der Waals surface area (Å²) in [5.41, 5.74) is 2.87. The van der Waals surface area contributed by atoms with Crippen molar-refractivity contribution in [3.63, 3.8) is 0 Å². The normalized spacial score (nSPS) is 15.9. The van der Waals surface area contributed by atoms with Crippen molar-refractivity contribution in [2.75, 3.05) is 10.2 Å². The molecule has 1 N–H and O–H groups in total. The van der Waals surface area contributed by atoms with E-state index in [1.807, 2.05) is 48.5 Å². The van der Waals surface area contributed by atoms with Gasteiger partial charge >= 0.3 is 0 Å². The summed E-state index contributed by atoms with van der Waals surface area (Å²) in [5.74, 6) is -0.117. The molecule has 0 saturated carbocycles. The number of carbonyl (C=O) groups excluding carboxylic acids is 1. The fraction of sp³-hybridized carbons (Fsp3) is 0.0500. The van der Waals surface area contributed by atoms with Gasteiger partial charge in [0.1, 0.15) is 6.17 Å². The topological polar surface area (TPSA) is 75.5 Å². The van der Waals surface area contributed by atoms with Gasteiger partial charge in [0, 0.05) is 23.5 Å². The number of nitrogens with zero attached hydrogens (tertiary/aromatic N) is 2. The van der Waals surface area contributed by atoms with Crippen LogP contribution in [0.15, 0.2) is 78.9 Å². The summed E-state index contributed by atoms with van der Waals surface area (Å²) in [6.07, 6.45) is -0.458. The van der Waals surface area contributed by atoms with Crippen LogP contribution in [0.4, 0.5) is 17.1 Å². The number of para-hydroxylation sites is 2. The average Bonchev–Trinajstić information content (AvgIpc) is 2.68. The Morgan fingerprint density at radius 3 is 2.23 bits per heavy atom. The van der Waals surface area contributed by atoms with Gasteiger partial charge in [-0.25, -0.2) is 0 Å². The number of anilines is 2. The van der Waals surface area contributed by atoms with Gasteiger partial charge in [0.05, 0.1) is 10.5 Å². The number of nitrogens with one attached hydrogen (secondary N) is 1. The van der Waals surface area contributed by atoms with Crippen molar-refractivity contribution in [2.24, 2.45) is 0 Å². The van der Waals surface area contributed by atoms with E-state index >= 15 is 0 Å². The van der Waals surface area contributed by atoms with Crippen LogP contribution in [0, 0.1) is 10.1 Å². The molecule has 0 spiro atoms. The van der Waals surface area contributed by atoms with Crippen molar-refractivity contribution in [2.45, 2.75) is 6.17 Å². The fourth-order valence-electron chi connectivity index (χ4n) is 3.12. The van der Waals surface area contributed by atoms with Crippen molar-refractivity contribution in [1.29, 1.82) is 0 Å². The molecule has 0 aromatic heterocycles. The second-order valence-corrected chi connectivity index (χ2v) is 5.95. The fourth-order valence-corrected chi connectivity index (χ4v) is 3.12. The minimum absolute atomic E-state index is 0.0162. The Morgan fingerprint density at radius 2 is 1.54 bits per heavy atom. The third-order valence-electron chi connectivity index (χ3n) is 4.38. The quantitative estimate of drug-likeness (QED) is 0.565. The maximum absolute atomic E-state index is 13.2. The van der Waals surface area contributed by atoms with E-state index in [0.717, 1.165) is 16.9 Å². The molecule has 0 unspecified atom stereocenters. The molecule has 1 aliphatic heterocycles. The van der Waals surface area contributed by atoms with Gasteiger partial charge in [-0.2, -0.15) is 0 Å². The van der Waals surface area contributed by atoms with Crippen LogP contribution in [-0.2, 0) is 0 Å². The molecular formula is C20H15N3O3. The summed E-state index contributed by atoms with van der Waals surface area (Å²) in [5, 5.41) is 14.3. The first-order valence-electron chi connectivity index (χ1n) is 8.14. The van der Waals surface area contributed by atoms with E-state index in [1.54, 1.807) is 23.1 Å². The summed E-state index contributed by atoms with van der Waals surface area (Å²) in [6.45, 7) is 0. The molecule has 0 bridgehead atoms. The molecule has 128 valence electrons. The molecule has 1 heterocycles. The zero-order valence-corrected chi connectivity index (χ0v) is 13.7. The second kappa shape index (κ2) is 6.33. The van der Waals surface area contributed by atoms with Gasteiger partial charge in [-0.05, 0) is 42.0 Å². The first kappa shape index (κ1) is 15.8. The standard InChI is InChI=1S/C20H15N3O3/c24-20-17-8-4-5-9-18(17)21-19(22(20)15-6-2-1-3-7-15)14-10-12-16(13-11-14)23(25)26/h1-13,19,21H/t19-/m0/s1. The smallest absolute Gasteiger partial charge is 0.269 e. The molecule has 0 fully saturated rings. The van der Waals surface area contributed by atoms with E-state index < -0.39 is 11.1 Å². The van der Waals surface area contributed by atoms with Crippen molar-refractivity contribution < 1.29 is 9.72 Å². The third-order valence-corrected chi connectivity index (χ3v) is 4.38. The summed E-state index contributed by atoms with van der Waals surface area (Å²) >= 11 is 0. The number of fused-ring (bicyclic) bond motifs is 1. The summed E-state index contributed by atoms with van der Waals surface area (Å²) in [4.78, 5) is 25.3. The molecular weight excluding hydrogens is 330 g/mol. The molecule has 1 atom stereocenters. The Hall–Kier alpha value is -3.67. The van der Waals surface area contributed by atoms with Crippen molar-refractivity contribution in [1.82, 2.24) is 0 Å². The van der Waals surface area contributed by atoms with Gasteiger partial charge in [-0.15, -0.1) is 0 Å². The van der Waals surface area contributed by atoms with Crippen LogP contribution >= 0.6 is 0 Å². The summed E-state index contributed by atoms with van der Waals surface area (Å²) in [7, 11) is 0. The number of non-ortho nitro benzene ring substituents is 1. The average molecular weight is 345 g/mol. The van der Waals surface area contributed by atoms with Crippen molar-refractivity contribution >= 4 is 23.0 Å². The van der Waals surface area contributed by atoms with Crippen molar-refractivity contribution in [3.8, 4) is 0 Å². The van der Waals surface area contributed by atoms with Gasteiger partial charge in [0.2, 0.25) is 0 Å². The molecule has 1 aliphatic rings. The predicted molar refractivity (Wildman–Crippen MR) is 99.2 cm³/mol. The maximum atomic E-state index is 13.2. The first-order valence-corrected chi connectivity index (χ1v) is 8.14. The largest absolute Gasteiger partial charge is 0.360 e. The Balaban J connectivity index is 1.82. The maximum Gasteiger partial charge on any atom is 0.269 e. The van der Waals surface area contributed by atoms with E-state index in [-0.39, 0.29) is 11.6 Å². The van der Waals surface area contributed by atoms with Crippen LogP contribution in [0.3, 0.4) is 0 Å². The molecule has 6 heteroatoms. The SMILES string of the molecule is O=C1c2ccccc2N[C@H](c2ccc([N+](=O)[O-])cc2)N1c1ccccc1. The van der Waals surface area contributed by atoms with Crippen molar-refractivity contribution in [3.05, 3.63) is 100 Å². The van der Waals surface area contributed by atoms with Gasteiger partial charge in [-0.1, -0.05) is 30.3 Å². The lowest BCUT2D eigenvalue weighted by molar-refractivity contribution is -0.384. The number of rotatable bonds is 3. The van der Waals surface area contributed by atoms with Crippen LogP contribution in [0.25, 0.3) is 0 Å². The Morgan fingerprint density at radius 1 is 0.885 bits per heavy atom. The first-order chi connectivity index (χ1) is 12.6. The van der Waals surface area contributed by atoms with Gasteiger partial charge in [0.25, 0.3) is 11.6 Å². The molecule has 26 heavy (non-hydrogen) atoms. The van der Waals surface area contributed by atoms with Crippen LogP contribution < -0.4 is 10.2 Å². The number of hydrogen-bond donors (Lipinski definition) is 1. The highest BCUT2D eigenvalue weighted by Crippen LogP contribution is 2.36. The summed E-state index contributed by atoms with van der Waals surface area (Å²) in [6, 6.07) is 22.9. The zero-order chi connectivity index (χ0) is 18.1. The van der Waals surface area contributed by atoms with Gasteiger partial charge < -0.3 is 5.32 Å². The number of nitro benzene ring substituents is 1. The molecule has 4 rings (SSSR count). The van der Waals surface area contributed by atoms with E-state index in [2.05, 4.69) is 5.32 Å². The highest BCUT2D eigenvalue weighted by molar-refractivity contribution is 6.12. The second-order valence-electron chi connectivity index (χ2n) is 5.95. The van der Waals surface area contributed by atoms with E-state index in [4.69, 9.17) is 0 Å². The van der Waals surface area contributed by atoms with Crippen LogP contribution in [-0.4, -0.2) is 10.8 Å². The highest BCUT2D eigenvalue weighted by Gasteiger charge is 2.34. The number of amides is 1. The zero-order valence-electron chi connectivity index (χ0n) is 13.7. The minimum Gasteiger partial charge on any atom is -0.360 e. The molecule has 3 aromatic carbocycles. The molecule has 3 aromatic rings. The van der Waals surface area contributed by atoms with Crippen LogP contribution in [0.5, 0.6) is 0 Å². The molecule has 1 amide bonds. The van der Waals surface area contributed by atoms with Crippen LogP contribution in [0.1, 0.15) is 22.1 Å². The Kier molecular flexibility index (Phi) is 3.85. The highest BCUT2D eigenvalue weighted by atomic mass is 16.6. The number of carbonyl (C=O) groups is 1. The number of hydrogen-bond acceptors (Lipinski definition) is 4. The van der Waals surface area contributed by atoms with E-state index in [9.17, 15) is 14.9 Å². The lowest BCUT2D eigenvalue weighted by Gasteiger charge is -2.38. The monoisotopic (exact) mass is 345 g/mol. The van der Waals surface area contributed by atoms with Crippen LogP contribution in [0.2, 0.25) is 0 Å². The lowest BCUT2D eigenvalue weighted by Crippen LogP contribution is -2.43. The molecule has 0 aliphatic carbocycles. The van der Waals surface area contributed by atoms with E-state index in [0.29, 0.717) is 5.56 Å². The Labute approximate surface area is 149 Å². The van der Waals surface area contributed by atoms with Gasteiger partial charge in [0.15, 0.2) is 0 Å². The molecule has 0 radical (unpaired) electrons. The molecule has 6 nitrogen and oxygen atoms in total. The predicted octanol–water partition coefficient (Wildman–Crippen LogP) is 4.37. The summed E-state index contributed by atoms with van der Waals surface area (Å²) < 4.78 is 0. The van der Waals surface area contributed by atoms with E-state index in [1.165, 1.54) is 12.1 Å². The number of nitro groups is 1. The molecule has 0 saturated heterocycles.